The van der Waals surface area contributed by atoms with Crippen molar-refractivity contribution in [3.63, 3.8) is 0 Å². The molecule has 2 aromatic heterocycles. The average molecular weight is 323 g/mol. The molecule has 1 aromatic carbocycles. The van der Waals surface area contributed by atoms with Crippen molar-refractivity contribution in [3.8, 4) is 10.7 Å². The Morgan fingerprint density at radius 1 is 1.14 bits per heavy atom. The number of benzene rings is 1. The Labute approximate surface area is 128 Å². The van der Waals surface area contributed by atoms with Crippen molar-refractivity contribution in [2.75, 3.05) is 0 Å². The zero-order chi connectivity index (χ0) is 14.8. The first-order chi connectivity index (χ1) is 10.2. The molecule has 21 heavy (non-hydrogen) atoms. The minimum Gasteiger partial charge on any atom is -0.304 e. The largest absolute Gasteiger partial charge is 0.304 e. The minimum atomic E-state index is -0.539. The first kappa shape index (κ1) is 14.2. The Morgan fingerprint density at radius 3 is 2.57 bits per heavy atom. The van der Waals surface area contributed by atoms with Gasteiger partial charge in [-0.3, -0.25) is 0 Å². The highest BCUT2D eigenvalue weighted by atomic mass is 32.2. The van der Waals surface area contributed by atoms with E-state index in [0.717, 1.165) is 10.7 Å². The molecule has 0 N–H and O–H groups in total. The number of thiophene rings is 1. The van der Waals surface area contributed by atoms with Gasteiger partial charge in [0.25, 0.3) is 0 Å². The Morgan fingerprint density at radius 2 is 1.90 bits per heavy atom. The van der Waals surface area contributed by atoms with Gasteiger partial charge >= 0.3 is 0 Å². The fourth-order valence-corrected chi connectivity index (χ4v) is 3.54. The van der Waals surface area contributed by atoms with Crippen LogP contribution < -0.4 is 0 Å². The Balaban J connectivity index is 1.81. The van der Waals surface area contributed by atoms with Gasteiger partial charge < -0.3 is 4.57 Å². The number of nitrogens with zero attached hydrogens (tertiary/aromatic N) is 3. The van der Waals surface area contributed by atoms with E-state index in [2.05, 4.69) is 10.2 Å². The Bertz CT molecular complexity index is 733. The number of hydrogen-bond acceptors (Lipinski definition) is 4. The summed E-state index contributed by atoms with van der Waals surface area (Å²) in [5.41, 5.74) is 0.0585. The van der Waals surface area contributed by atoms with Crippen molar-refractivity contribution in [3.05, 3.63) is 52.9 Å². The molecule has 3 nitrogen and oxygen atoms in total. The third-order valence-corrected chi connectivity index (χ3v) is 4.90. The lowest BCUT2D eigenvalue weighted by molar-refractivity contribution is 0.566. The lowest BCUT2D eigenvalue weighted by Crippen LogP contribution is -1.96. The summed E-state index contributed by atoms with van der Waals surface area (Å²) in [6, 6.07) is 7.77. The quantitative estimate of drug-likeness (QED) is 0.677. The van der Waals surface area contributed by atoms with Crippen molar-refractivity contribution in [2.45, 2.75) is 10.9 Å². The molecule has 0 aliphatic carbocycles. The minimum absolute atomic E-state index is 0.0585. The molecule has 0 radical (unpaired) electrons. The highest BCUT2D eigenvalue weighted by Gasteiger charge is 2.14. The number of halogens is 2. The van der Waals surface area contributed by atoms with E-state index in [1.165, 1.54) is 30.0 Å². The van der Waals surface area contributed by atoms with Crippen LogP contribution in [0.25, 0.3) is 10.7 Å². The molecule has 0 aliphatic rings. The first-order valence-corrected chi connectivity index (χ1v) is 8.02. The van der Waals surface area contributed by atoms with Crippen molar-refractivity contribution >= 4 is 23.1 Å². The van der Waals surface area contributed by atoms with Crippen LogP contribution in [0.3, 0.4) is 0 Å². The van der Waals surface area contributed by atoms with E-state index in [4.69, 9.17) is 0 Å². The SMILES string of the molecule is Cn1c(SCc2c(F)cccc2F)nnc1-c1cccs1. The molecule has 0 spiro atoms. The van der Waals surface area contributed by atoms with E-state index in [1.807, 2.05) is 29.1 Å². The average Bonchev–Trinajstić information content (AvgIpc) is 3.08. The monoisotopic (exact) mass is 323 g/mol. The van der Waals surface area contributed by atoms with Gasteiger partial charge in [-0.2, -0.15) is 0 Å². The van der Waals surface area contributed by atoms with E-state index in [9.17, 15) is 8.78 Å². The molecule has 0 aliphatic heterocycles. The third kappa shape index (κ3) is 2.84. The van der Waals surface area contributed by atoms with Crippen LogP contribution in [0.4, 0.5) is 8.78 Å². The van der Waals surface area contributed by atoms with Crippen molar-refractivity contribution < 1.29 is 8.78 Å². The summed E-state index contributed by atoms with van der Waals surface area (Å²) in [7, 11) is 1.84. The molecule has 108 valence electrons. The lowest BCUT2D eigenvalue weighted by Gasteiger charge is -2.05. The maximum Gasteiger partial charge on any atom is 0.191 e. The van der Waals surface area contributed by atoms with E-state index in [0.29, 0.717) is 5.16 Å². The molecule has 3 aromatic rings. The zero-order valence-electron chi connectivity index (χ0n) is 11.1. The molecule has 0 fully saturated rings. The van der Waals surface area contributed by atoms with Crippen molar-refractivity contribution in [1.82, 2.24) is 14.8 Å². The second-order valence-electron chi connectivity index (χ2n) is 4.33. The predicted molar refractivity (Wildman–Crippen MR) is 80.2 cm³/mol. The van der Waals surface area contributed by atoms with Crippen LogP contribution in [0.5, 0.6) is 0 Å². The smallest absolute Gasteiger partial charge is 0.191 e. The van der Waals surface area contributed by atoms with Gasteiger partial charge in [-0.05, 0) is 23.6 Å². The van der Waals surface area contributed by atoms with Gasteiger partial charge in [-0.1, -0.05) is 23.9 Å². The molecule has 0 amide bonds. The maximum absolute atomic E-state index is 13.6. The summed E-state index contributed by atoms with van der Waals surface area (Å²) in [5.74, 6) is -0.151. The second-order valence-corrected chi connectivity index (χ2v) is 6.22. The summed E-state index contributed by atoms with van der Waals surface area (Å²) >= 11 is 2.83. The van der Waals surface area contributed by atoms with Gasteiger partial charge in [0.2, 0.25) is 0 Å². The van der Waals surface area contributed by atoms with Crippen LogP contribution >= 0.6 is 23.1 Å². The molecule has 3 rings (SSSR count). The fourth-order valence-electron chi connectivity index (χ4n) is 1.87. The third-order valence-electron chi connectivity index (χ3n) is 2.98. The summed E-state index contributed by atoms with van der Waals surface area (Å²) in [6.07, 6.45) is 0. The van der Waals surface area contributed by atoms with Gasteiger partial charge in [0.15, 0.2) is 11.0 Å². The standard InChI is InChI=1S/C14H11F2N3S2/c1-19-13(12-6-3-7-20-12)17-18-14(19)21-8-9-10(15)4-2-5-11(9)16/h2-7H,8H2,1H3. The summed E-state index contributed by atoms with van der Waals surface area (Å²) in [6.45, 7) is 0. The van der Waals surface area contributed by atoms with Crippen LogP contribution in [0.15, 0.2) is 40.9 Å². The number of hydrogen-bond donors (Lipinski definition) is 0. The first-order valence-electron chi connectivity index (χ1n) is 6.16. The molecular weight excluding hydrogens is 312 g/mol. The van der Waals surface area contributed by atoms with E-state index in [1.54, 1.807) is 11.3 Å². The number of aromatic nitrogens is 3. The number of rotatable bonds is 4. The van der Waals surface area contributed by atoms with Gasteiger partial charge in [-0.15, -0.1) is 21.5 Å². The van der Waals surface area contributed by atoms with Gasteiger partial charge in [0.1, 0.15) is 11.6 Å². The Hall–Kier alpha value is -1.73. The van der Waals surface area contributed by atoms with E-state index in [-0.39, 0.29) is 11.3 Å². The second kappa shape index (κ2) is 5.95. The highest BCUT2D eigenvalue weighted by molar-refractivity contribution is 7.98. The molecule has 0 bridgehead atoms. The topological polar surface area (TPSA) is 30.7 Å². The lowest BCUT2D eigenvalue weighted by atomic mass is 10.2. The van der Waals surface area contributed by atoms with Crippen molar-refractivity contribution in [1.29, 1.82) is 0 Å². The van der Waals surface area contributed by atoms with E-state index >= 15 is 0 Å². The molecule has 0 unspecified atom stereocenters. The number of thioether (sulfide) groups is 1. The van der Waals surface area contributed by atoms with E-state index < -0.39 is 11.6 Å². The van der Waals surface area contributed by atoms with Gasteiger partial charge in [0, 0.05) is 18.4 Å². The van der Waals surface area contributed by atoms with Crippen LogP contribution in [-0.2, 0) is 12.8 Å². The van der Waals surface area contributed by atoms with Crippen LogP contribution in [0.2, 0.25) is 0 Å². The predicted octanol–water partition coefficient (Wildman–Crippen LogP) is 4.11. The molecule has 7 heteroatoms. The van der Waals surface area contributed by atoms with Gasteiger partial charge in [0.05, 0.1) is 4.88 Å². The summed E-state index contributed by atoms with van der Waals surface area (Å²) in [4.78, 5) is 1.01. The molecule has 0 atom stereocenters. The normalized spacial score (nSPS) is 11.0. The fraction of sp³-hybridized carbons (Fsp3) is 0.143. The molecule has 2 heterocycles. The molecule has 0 saturated carbocycles. The molecule has 0 saturated heterocycles. The van der Waals surface area contributed by atoms with Crippen molar-refractivity contribution in [2.24, 2.45) is 7.05 Å². The van der Waals surface area contributed by atoms with Crippen LogP contribution in [-0.4, -0.2) is 14.8 Å². The summed E-state index contributed by atoms with van der Waals surface area (Å²) < 4.78 is 29.0. The highest BCUT2D eigenvalue weighted by Crippen LogP contribution is 2.28. The summed E-state index contributed by atoms with van der Waals surface area (Å²) in [5, 5.41) is 10.8. The maximum atomic E-state index is 13.6. The van der Waals surface area contributed by atoms with Crippen LogP contribution in [0, 0.1) is 11.6 Å². The van der Waals surface area contributed by atoms with Crippen LogP contribution in [0.1, 0.15) is 5.56 Å². The molecular formula is C14H11F2N3S2. The Kier molecular flexibility index (Phi) is 4.03. The zero-order valence-corrected chi connectivity index (χ0v) is 12.7. The van der Waals surface area contributed by atoms with Gasteiger partial charge in [-0.25, -0.2) is 8.78 Å².